The summed E-state index contributed by atoms with van der Waals surface area (Å²) in [6.45, 7) is 10.2. The van der Waals surface area contributed by atoms with Gasteiger partial charge in [0.15, 0.2) is 0 Å². The Morgan fingerprint density at radius 2 is 0.931 bits per heavy atom. The third-order valence-corrected chi connectivity index (χ3v) is 1.15. The fourth-order valence-corrected chi connectivity index (χ4v) is 0.708. The Balaban J connectivity index is -0.0000000575. The Bertz CT molecular complexity index is 328. The first kappa shape index (κ1) is 40.8. The fraction of sp³-hybridized carbons (Fsp3) is 0.688. The van der Waals surface area contributed by atoms with Crippen molar-refractivity contribution in [1.29, 1.82) is 0 Å². The molecule has 0 saturated carbocycles. The van der Waals surface area contributed by atoms with Crippen LogP contribution in [0.5, 0.6) is 0 Å². The van der Waals surface area contributed by atoms with Crippen LogP contribution in [0.25, 0.3) is 0 Å². The Morgan fingerprint density at radius 3 is 1.07 bits per heavy atom. The first-order valence-corrected chi connectivity index (χ1v) is 8.03. The van der Waals surface area contributed by atoms with Gasteiger partial charge in [-0.2, -0.15) is 0 Å². The third-order valence-electron chi connectivity index (χ3n) is 1.15. The van der Waals surface area contributed by atoms with E-state index in [0.717, 1.165) is 47.7 Å². The van der Waals surface area contributed by atoms with E-state index in [-0.39, 0.29) is 0 Å². The number of nitrogens with two attached hydrogens (primary N) is 1. The number of hydrogen-bond acceptors (Lipinski definition) is 8. The van der Waals surface area contributed by atoms with E-state index in [1.54, 1.807) is 0 Å². The molecule has 0 aliphatic carbocycles. The summed E-state index contributed by atoms with van der Waals surface area (Å²) in [6, 6.07) is 0.526. The maximum atomic E-state index is 9.00. The lowest BCUT2D eigenvalue weighted by molar-refractivity contribution is -0.135. The van der Waals surface area contributed by atoms with Gasteiger partial charge in [0.2, 0.25) is 0 Å². The van der Waals surface area contributed by atoms with Gasteiger partial charge >= 0.3 is 0 Å². The summed E-state index contributed by atoms with van der Waals surface area (Å²) in [4.78, 5) is 45.0. The fourth-order valence-electron chi connectivity index (χ4n) is 0.708. The summed E-state index contributed by atoms with van der Waals surface area (Å²) in [6.07, 6.45) is 0. The van der Waals surface area contributed by atoms with E-state index in [9.17, 15) is 0 Å². The van der Waals surface area contributed by atoms with Crippen LogP contribution in [-0.4, -0.2) is 88.1 Å². The number of aliphatic carboxylic acids is 5. The van der Waals surface area contributed by atoms with E-state index in [4.69, 9.17) is 55.2 Å². The van der Waals surface area contributed by atoms with Crippen LogP contribution in [0.2, 0.25) is 0 Å². The zero-order valence-electron chi connectivity index (χ0n) is 18.1. The normalized spacial score (nSPS) is 8.55. The molecule has 9 N–H and O–H groups in total. The van der Waals surface area contributed by atoms with Crippen LogP contribution in [0.1, 0.15) is 41.5 Å². The minimum Gasteiger partial charge on any atom is -0.481 e. The molecule has 0 aromatic rings. The predicted molar refractivity (Wildman–Crippen MR) is 107 cm³/mol. The van der Waals surface area contributed by atoms with Crippen molar-refractivity contribution in [2.24, 2.45) is 5.73 Å². The summed E-state index contributed by atoms with van der Waals surface area (Å²) in [5.41, 5.74) is 5.29. The number of nitrogens with one attached hydrogen (secondary N) is 2. The van der Waals surface area contributed by atoms with Gasteiger partial charge < -0.3 is 41.9 Å². The highest BCUT2D eigenvalue weighted by molar-refractivity contribution is 5.63. The average molecular weight is 431 g/mol. The number of hydrogen-bond donors (Lipinski definition) is 8. The van der Waals surface area contributed by atoms with Crippen molar-refractivity contribution in [3.05, 3.63) is 0 Å². The number of likely N-dealkylation sites (N-methyl/N-ethyl adjacent to an activating group) is 1. The molecule has 0 saturated heterocycles. The number of carboxylic acids is 5. The average Bonchev–Trinajstić information content (AvgIpc) is 2.42. The van der Waals surface area contributed by atoms with Crippen LogP contribution < -0.4 is 16.4 Å². The molecule has 0 radical (unpaired) electrons. The van der Waals surface area contributed by atoms with Gasteiger partial charge in [-0.3, -0.25) is 24.0 Å². The molecule has 0 aliphatic heterocycles. The summed E-state index contributed by atoms with van der Waals surface area (Å²) in [5, 5.41) is 43.4. The molecule has 0 spiro atoms. The Morgan fingerprint density at radius 1 is 0.724 bits per heavy atom. The lowest BCUT2D eigenvalue weighted by Crippen LogP contribution is -2.37. The van der Waals surface area contributed by atoms with E-state index in [2.05, 4.69) is 17.6 Å². The molecule has 0 aromatic carbocycles. The van der Waals surface area contributed by atoms with Gasteiger partial charge in [0.05, 0.1) is 0 Å². The van der Waals surface area contributed by atoms with Crippen molar-refractivity contribution in [2.45, 2.75) is 47.6 Å². The molecule has 0 heterocycles. The van der Waals surface area contributed by atoms with Gasteiger partial charge in [-0.25, -0.2) is 0 Å². The molecule has 0 bridgehead atoms. The van der Waals surface area contributed by atoms with Gasteiger partial charge in [0.25, 0.3) is 29.8 Å². The maximum absolute atomic E-state index is 9.00. The SMILES string of the molecule is CC(=O)O.CC(=O)O.CC(=O)O.CC(=O)O.CC(=O)O.CNCC(C)NCCN. The topological polar surface area (TPSA) is 237 Å². The molecule has 1 atom stereocenters. The highest BCUT2D eigenvalue weighted by Crippen LogP contribution is 1.74. The van der Waals surface area contributed by atoms with Crippen LogP contribution in [0.4, 0.5) is 0 Å². The molecule has 0 aromatic heterocycles. The standard InChI is InChI=1S/C6H17N3.5C2H4O2/c1-6(5-8-2)9-4-3-7;5*1-2(3)4/h6,8-9H,3-5,7H2,1-2H3;5*1H3,(H,3,4). The van der Waals surface area contributed by atoms with Crippen LogP contribution in [0, 0.1) is 0 Å². The zero-order chi connectivity index (χ0) is 25.0. The molecule has 13 heteroatoms. The summed E-state index contributed by atoms with van der Waals surface area (Å²) >= 11 is 0. The molecule has 1 unspecified atom stereocenters. The van der Waals surface area contributed by atoms with Crippen molar-refractivity contribution in [2.75, 3.05) is 26.7 Å². The Labute approximate surface area is 170 Å². The van der Waals surface area contributed by atoms with Gasteiger partial charge in [-0.05, 0) is 14.0 Å². The largest absolute Gasteiger partial charge is 0.481 e. The van der Waals surface area contributed by atoms with Crippen LogP contribution >= 0.6 is 0 Å². The zero-order valence-corrected chi connectivity index (χ0v) is 18.1. The van der Waals surface area contributed by atoms with Crippen molar-refractivity contribution in [3.63, 3.8) is 0 Å². The minimum atomic E-state index is -0.833. The van der Waals surface area contributed by atoms with Crippen molar-refractivity contribution in [1.82, 2.24) is 10.6 Å². The minimum absolute atomic E-state index is 0.526. The van der Waals surface area contributed by atoms with Gasteiger partial charge in [-0.15, -0.1) is 0 Å². The number of carbonyl (C=O) groups is 5. The van der Waals surface area contributed by atoms with Gasteiger partial charge in [0.1, 0.15) is 0 Å². The highest BCUT2D eigenvalue weighted by Gasteiger charge is 1.95. The van der Waals surface area contributed by atoms with Gasteiger partial charge in [-0.1, -0.05) is 0 Å². The molecule has 0 rings (SSSR count). The molecule has 176 valence electrons. The van der Waals surface area contributed by atoms with E-state index < -0.39 is 29.8 Å². The van der Waals surface area contributed by atoms with Crippen molar-refractivity contribution >= 4 is 29.8 Å². The first-order chi connectivity index (χ1) is 13.0. The van der Waals surface area contributed by atoms with Crippen LogP contribution in [0.15, 0.2) is 0 Å². The van der Waals surface area contributed by atoms with Crippen LogP contribution in [-0.2, 0) is 24.0 Å². The molecule has 29 heavy (non-hydrogen) atoms. The third kappa shape index (κ3) is 761. The van der Waals surface area contributed by atoms with Crippen molar-refractivity contribution in [3.8, 4) is 0 Å². The molecule has 0 fully saturated rings. The Hall–Kier alpha value is -2.77. The number of rotatable bonds is 5. The van der Waals surface area contributed by atoms with Crippen LogP contribution in [0.3, 0.4) is 0 Å². The molecule has 13 nitrogen and oxygen atoms in total. The van der Waals surface area contributed by atoms with E-state index in [1.165, 1.54) is 0 Å². The highest BCUT2D eigenvalue weighted by atomic mass is 16.4. The van der Waals surface area contributed by atoms with Gasteiger partial charge in [0, 0.05) is 60.3 Å². The summed E-state index contributed by atoms with van der Waals surface area (Å²) in [7, 11) is 1.95. The number of carboxylic acid groups (broad SMARTS) is 5. The Kier molecular flexibility index (Phi) is 50.9. The quantitative estimate of drug-likeness (QED) is 0.277. The molecule has 0 amide bonds. The smallest absolute Gasteiger partial charge is 0.300 e. The maximum Gasteiger partial charge on any atom is 0.300 e. The van der Waals surface area contributed by atoms with E-state index in [1.807, 2.05) is 7.05 Å². The van der Waals surface area contributed by atoms with E-state index >= 15 is 0 Å². The molecule has 0 aliphatic rings. The second kappa shape index (κ2) is 36.2. The molecular formula is C16H37N3O10. The first-order valence-electron chi connectivity index (χ1n) is 8.03. The predicted octanol–water partition coefficient (Wildman–Crippen LogP) is -0.403. The van der Waals surface area contributed by atoms with Crippen molar-refractivity contribution < 1.29 is 49.5 Å². The lowest BCUT2D eigenvalue weighted by atomic mass is 10.3. The lowest BCUT2D eigenvalue weighted by Gasteiger charge is -2.11. The monoisotopic (exact) mass is 431 g/mol. The summed E-state index contributed by atoms with van der Waals surface area (Å²) < 4.78 is 0. The second-order valence-corrected chi connectivity index (χ2v) is 4.80. The van der Waals surface area contributed by atoms with E-state index in [0.29, 0.717) is 12.6 Å². The second-order valence-electron chi connectivity index (χ2n) is 4.80. The summed E-state index contributed by atoms with van der Waals surface area (Å²) in [5.74, 6) is -4.17. The molecular weight excluding hydrogens is 394 g/mol.